The summed E-state index contributed by atoms with van der Waals surface area (Å²) in [5, 5.41) is 89.1. The van der Waals surface area contributed by atoms with Crippen LogP contribution in [-0.4, -0.2) is 245 Å². The number of aliphatic carboxylic acids is 1. The Labute approximate surface area is 752 Å². The van der Waals surface area contributed by atoms with Crippen molar-refractivity contribution < 1.29 is 91.4 Å². The number of nitrogens with two attached hydrogens (primary N) is 1. The van der Waals surface area contributed by atoms with Crippen LogP contribution in [0.2, 0.25) is 0 Å². The molecule has 8 bridgehead atoms. The molecule has 0 radical (unpaired) electrons. The SMILES string of the molecule is CC[N+](C)(C)CCCNC(=O)COc1c2cc(C(C)(C)C)cc1Sc1cc(C(C)(C)C)cc(c1OCC(=O)NCCC[N+](C)(C)CC)Sc1cc(C(C)(C)C)cc(c1OCC(=O)NCCC[N+](C)(C)CC)Sc1cc(C(C)(C)C)cc(c1OCC(=O)NCCC[N+](C)(C)CC)S2.NC(Cc1ccc(O)cc1)C(=O)O.O=[N+]([O-])[O-].O=[N+]([O-])[O-].O=[N+]([O-])[O-].O=[N+]([O-])[O-]. The Morgan fingerprint density at radius 1 is 0.376 bits per heavy atom. The van der Waals surface area contributed by atoms with Crippen molar-refractivity contribution in [3.63, 3.8) is 0 Å². The summed E-state index contributed by atoms with van der Waals surface area (Å²) in [5.41, 5.74) is 8.66. The Balaban J connectivity index is 0.00000229. The number of carbonyl (C=O) groups is 5. The number of carbonyl (C=O) groups excluding carboxylic acids is 4. The highest BCUT2D eigenvalue weighted by Crippen LogP contribution is 2.57. The third kappa shape index (κ3) is 46.5. The van der Waals surface area contributed by atoms with Gasteiger partial charge in [-0.1, -0.05) is 142 Å². The number of carboxylic acid groups (broad SMARTS) is 1. The molecule has 0 aliphatic carbocycles. The molecule has 125 heavy (non-hydrogen) atoms. The number of quaternary nitrogens is 4. The topological polar surface area (TPSA) is 502 Å². The summed E-state index contributed by atoms with van der Waals surface area (Å²) in [5.74, 6) is 0.139. The van der Waals surface area contributed by atoms with E-state index < -0.39 is 32.4 Å². The van der Waals surface area contributed by atoms with Crippen molar-refractivity contribution >= 4 is 76.6 Å². The molecule has 0 fully saturated rings. The summed E-state index contributed by atoms with van der Waals surface area (Å²) < 4.78 is 31.4. The largest absolute Gasteiger partial charge is 0.508 e. The first-order valence-electron chi connectivity index (χ1n) is 40.9. The predicted molar refractivity (Wildman–Crippen MR) is 488 cm³/mol. The number of phenolic OH excluding ortho intramolecular Hbond substituents is 1. The summed E-state index contributed by atoms with van der Waals surface area (Å²) in [4.78, 5) is 106. The monoisotopic (exact) mass is 1830 g/mol. The van der Waals surface area contributed by atoms with E-state index in [1.165, 1.54) is 59.2 Å². The molecule has 40 heteroatoms. The highest BCUT2D eigenvalue weighted by atomic mass is 32.2. The fraction of sp³-hybridized carbons (Fsp3) is 0.588. The van der Waals surface area contributed by atoms with E-state index in [0.717, 1.165) is 163 Å². The Morgan fingerprint density at radius 2 is 0.552 bits per heavy atom. The summed E-state index contributed by atoms with van der Waals surface area (Å²) >= 11 is 5.92. The molecule has 8 N–H and O–H groups in total. The maximum Gasteiger partial charge on any atom is 0.320 e. The first-order chi connectivity index (χ1) is 57.5. The number of hydrogen-bond donors (Lipinski definition) is 7. The van der Waals surface area contributed by atoms with E-state index in [0.29, 0.717) is 49.2 Å². The van der Waals surface area contributed by atoms with Crippen molar-refractivity contribution in [2.45, 2.75) is 210 Å². The minimum atomic E-state index is -1.75. The number of aromatic hydroxyl groups is 1. The van der Waals surface area contributed by atoms with E-state index in [2.05, 4.69) is 237 Å². The molecule has 36 nitrogen and oxygen atoms in total. The van der Waals surface area contributed by atoms with Gasteiger partial charge in [0.15, 0.2) is 26.4 Å². The predicted octanol–water partition coefficient (Wildman–Crippen LogP) is 13.1. The van der Waals surface area contributed by atoms with Crippen LogP contribution in [0.25, 0.3) is 0 Å². The van der Waals surface area contributed by atoms with Gasteiger partial charge >= 0.3 is 5.97 Å². The normalized spacial score (nSPS) is 12.4. The number of benzene rings is 5. The zero-order valence-corrected chi connectivity index (χ0v) is 80.4. The molecular formula is C85H135N13O23S4. The molecule has 0 saturated heterocycles. The molecule has 702 valence electrons. The molecule has 0 spiro atoms. The van der Waals surface area contributed by atoms with Gasteiger partial charge in [-0.15, -0.1) is 0 Å². The third-order valence-corrected chi connectivity index (χ3v) is 24.2. The second-order valence-electron chi connectivity index (χ2n) is 36.2. The van der Waals surface area contributed by atoms with Gasteiger partial charge in [0, 0.05) is 51.9 Å². The van der Waals surface area contributed by atoms with Crippen LogP contribution in [0.1, 0.15) is 164 Å². The van der Waals surface area contributed by atoms with Gasteiger partial charge in [0.2, 0.25) is 0 Å². The van der Waals surface area contributed by atoms with Crippen LogP contribution < -0.4 is 45.9 Å². The quantitative estimate of drug-likeness (QED) is 0.00841. The minimum Gasteiger partial charge on any atom is -0.508 e. The van der Waals surface area contributed by atoms with E-state index in [1.54, 1.807) is 12.1 Å². The maximum absolute atomic E-state index is 14.2. The number of fused-ring (bicyclic) bond motifs is 8. The first-order valence-corrected chi connectivity index (χ1v) is 44.1. The third-order valence-electron chi connectivity index (χ3n) is 20.0. The smallest absolute Gasteiger partial charge is 0.320 e. The van der Waals surface area contributed by atoms with Gasteiger partial charge in [0.05, 0.1) is 168 Å². The molecule has 1 aliphatic heterocycles. The van der Waals surface area contributed by atoms with E-state index in [4.69, 9.17) is 96.2 Å². The zero-order chi connectivity index (χ0) is 96.0. The lowest BCUT2D eigenvalue weighted by Gasteiger charge is -2.28. The molecular weight excluding hydrogens is 1700 g/mol. The number of nitrogens with one attached hydrogen (secondary N) is 4. The molecule has 5 aromatic carbocycles. The van der Waals surface area contributed by atoms with Crippen molar-refractivity contribution in [3.05, 3.63) is 162 Å². The number of rotatable bonds is 35. The highest BCUT2D eigenvalue weighted by Gasteiger charge is 2.33. The van der Waals surface area contributed by atoms with Crippen LogP contribution in [0.3, 0.4) is 0 Å². The zero-order valence-electron chi connectivity index (χ0n) is 77.1. The van der Waals surface area contributed by atoms with Gasteiger partial charge in [-0.25, -0.2) is 0 Å². The van der Waals surface area contributed by atoms with Crippen LogP contribution in [0.4, 0.5) is 0 Å². The lowest BCUT2D eigenvalue weighted by Crippen LogP contribution is -2.41. The first kappa shape index (κ1) is 113. The molecule has 1 aliphatic rings. The summed E-state index contributed by atoms with van der Waals surface area (Å²) in [7, 11) is 17.6. The fourth-order valence-electron chi connectivity index (χ4n) is 11.0. The number of carboxylic acids is 1. The number of nitrogens with zero attached hydrogens (tertiary/aromatic N) is 8. The number of amides is 4. The van der Waals surface area contributed by atoms with Gasteiger partial charge in [0.25, 0.3) is 23.6 Å². The molecule has 1 unspecified atom stereocenters. The van der Waals surface area contributed by atoms with Crippen LogP contribution in [0.15, 0.2) is 112 Å². The average Bonchev–Trinajstić information content (AvgIpc) is 0.758. The molecule has 5 aromatic rings. The van der Waals surface area contributed by atoms with E-state index >= 15 is 0 Å². The summed E-state index contributed by atoms with van der Waals surface area (Å²) in [6.45, 7) is 43.5. The Hall–Kier alpha value is -9.55. The van der Waals surface area contributed by atoms with Gasteiger partial charge in [-0.3, -0.25) is 24.0 Å². The fourth-order valence-corrected chi connectivity index (χ4v) is 15.8. The van der Waals surface area contributed by atoms with Crippen molar-refractivity contribution in [1.29, 1.82) is 0 Å². The van der Waals surface area contributed by atoms with E-state index in [9.17, 15) is 24.0 Å². The lowest BCUT2D eigenvalue weighted by molar-refractivity contribution is -0.888. The number of hydrogen-bond acceptors (Lipinski definition) is 27. The molecule has 0 saturated carbocycles. The van der Waals surface area contributed by atoms with Crippen molar-refractivity contribution in [3.8, 4) is 28.7 Å². The maximum atomic E-state index is 14.2. The van der Waals surface area contributed by atoms with Crippen LogP contribution in [0, 0.1) is 61.3 Å². The van der Waals surface area contributed by atoms with E-state index in [1.807, 2.05) is 0 Å². The molecule has 4 amide bonds. The Bertz CT molecular complexity index is 3750. The van der Waals surface area contributed by atoms with Crippen LogP contribution in [-0.2, 0) is 52.1 Å². The second kappa shape index (κ2) is 52.5. The van der Waals surface area contributed by atoms with Gasteiger partial charge in [0.1, 0.15) is 34.8 Å². The Morgan fingerprint density at radius 3 is 0.704 bits per heavy atom. The molecule has 1 atom stereocenters. The average molecular weight is 1840 g/mol. The standard InChI is InChI=1S/C76H120N8O8S4.C9H11NO3.4NO3/c1-25-81(17,18)37-29-33-77-65(85)49-89-69-57-41-53(73(5,6)7)42-58(69)94-60-44-55(75(11,12)13)46-62(71(60)91-51-67(87)79-35-31-39-83(21,22)27-3)96-64-48-56(76(14,15)16)47-63(72(64)92-52-68(88)80-36-32-40-84(23,24)28-4)95-61-45-54(74(8,9)10)43-59(93-57)70(61)90-50-66(86)78-34-30-38-82(19,20)26-2;10-8(9(12)13)5-6-1-3-7(11)4-2-6;4*2-1(3)4/h41-48H,25-40,49-52H2,1-24H3;1-4,8,11H,5,10H2,(H,12,13);;;;/q;;4*-1/p+4. The van der Waals surface area contributed by atoms with Gasteiger partial charge < -0.3 is 135 Å². The van der Waals surface area contributed by atoms with Crippen molar-refractivity contribution in [1.82, 2.24) is 21.3 Å². The van der Waals surface area contributed by atoms with Crippen molar-refractivity contribution in [2.24, 2.45) is 5.73 Å². The second-order valence-corrected chi connectivity index (χ2v) is 40.5. The molecule has 1 heterocycles. The molecule has 6 rings (SSSR count). The number of ether oxygens (including phenoxy) is 4. The lowest BCUT2D eigenvalue weighted by atomic mass is 9.87. The van der Waals surface area contributed by atoms with Gasteiger partial charge in [-0.05, 0) is 144 Å². The van der Waals surface area contributed by atoms with Crippen LogP contribution in [0.5, 0.6) is 28.7 Å². The Kier molecular flexibility index (Phi) is 47.7. The summed E-state index contributed by atoms with van der Waals surface area (Å²) in [6, 6.07) is 22.7. The van der Waals surface area contributed by atoms with Crippen LogP contribution >= 0.6 is 47.0 Å². The number of phenols is 1. The van der Waals surface area contributed by atoms with Crippen molar-refractivity contribution in [2.75, 3.05) is 161 Å². The van der Waals surface area contributed by atoms with Gasteiger partial charge in [-0.2, -0.15) is 0 Å². The summed E-state index contributed by atoms with van der Waals surface area (Å²) in [6.07, 6.45) is 3.49. The molecule has 0 aromatic heterocycles. The highest BCUT2D eigenvalue weighted by molar-refractivity contribution is 8.01. The van der Waals surface area contributed by atoms with E-state index in [-0.39, 0.29) is 83.9 Å². The minimum absolute atomic E-state index is 0.160.